The molecule has 0 saturated carbocycles. The fraction of sp³-hybridized carbons (Fsp3) is 0.167. The molecule has 2 heterocycles. The van der Waals surface area contributed by atoms with Gasteiger partial charge in [0.25, 0.3) is 11.5 Å². The summed E-state index contributed by atoms with van der Waals surface area (Å²) in [6.07, 6.45) is -3.15. The van der Waals surface area contributed by atoms with Gasteiger partial charge in [0.15, 0.2) is 5.65 Å². The summed E-state index contributed by atoms with van der Waals surface area (Å²) in [7, 11) is 0. The van der Waals surface area contributed by atoms with E-state index in [9.17, 15) is 22.8 Å². The minimum atomic E-state index is -4.76. The Hall–Kier alpha value is -4.21. The largest absolute Gasteiger partial charge is 0.573 e. The lowest BCUT2D eigenvalue weighted by Crippen LogP contribution is -2.24. The zero-order chi connectivity index (χ0) is 24.3. The van der Waals surface area contributed by atoms with Crippen molar-refractivity contribution in [3.63, 3.8) is 0 Å². The van der Waals surface area contributed by atoms with Crippen LogP contribution in [0.3, 0.4) is 0 Å². The summed E-state index contributed by atoms with van der Waals surface area (Å²) in [6, 6.07) is 15.2. The number of nitrogens with one attached hydrogen (secondary N) is 1. The van der Waals surface area contributed by atoms with Gasteiger partial charge in [-0.25, -0.2) is 9.97 Å². The van der Waals surface area contributed by atoms with Crippen molar-refractivity contribution < 1.29 is 22.7 Å². The van der Waals surface area contributed by atoms with Gasteiger partial charge in [-0.15, -0.1) is 13.2 Å². The smallest absolute Gasteiger partial charge is 0.406 e. The molecule has 10 heteroatoms. The molecule has 0 unspecified atom stereocenters. The van der Waals surface area contributed by atoms with Crippen LogP contribution in [0, 0.1) is 0 Å². The van der Waals surface area contributed by atoms with Crippen LogP contribution in [0.25, 0.3) is 22.4 Å². The van der Waals surface area contributed by atoms with Crippen LogP contribution < -0.4 is 15.6 Å². The van der Waals surface area contributed by atoms with Crippen molar-refractivity contribution in [3.05, 3.63) is 88.3 Å². The van der Waals surface area contributed by atoms with Gasteiger partial charge in [-0.1, -0.05) is 24.3 Å². The average Bonchev–Trinajstić information content (AvgIpc) is 2.82. The van der Waals surface area contributed by atoms with Crippen molar-refractivity contribution >= 4 is 17.1 Å². The molecule has 1 amide bonds. The van der Waals surface area contributed by atoms with Crippen molar-refractivity contribution in [2.24, 2.45) is 0 Å². The Morgan fingerprint density at radius 2 is 1.76 bits per heavy atom. The number of nitrogens with zero attached hydrogens (tertiary/aromatic N) is 3. The molecule has 4 aromatic rings. The zero-order valence-electron chi connectivity index (χ0n) is 18.0. The fourth-order valence-electron chi connectivity index (χ4n) is 3.43. The van der Waals surface area contributed by atoms with Gasteiger partial charge in [-0.05, 0) is 48.9 Å². The molecule has 34 heavy (non-hydrogen) atoms. The van der Waals surface area contributed by atoms with E-state index in [-0.39, 0.29) is 29.5 Å². The summed E-state index contributed by atoms with van der Waals surface area (Å²) in [5.41, 5.74) is 2.61. The number of aromatic nitrogens is 3. The van der Waals surface area contributed by atoms with Crippen LogP contribution in [0.1, 0.15) is 22.8 Å². The predicted octanol–water partition coefficient (Wildman–Crippen LogP) is 4.31. The maximum Gasteiger partial charge on any atom is 0.573 e. The van der Waals surface area contributed by atoms with E-state index in [4.69, 9.17) is 0 Å². The van der Waals surface area contributed by atoms with Gasteiger partial charge >= 0.3 is 6.36 Å². The van der Waals surface area contributed by atoms with Crippen LogP contribution in [-0.4, -0.2) is 26.8 Å². The predicted molar refractivity (Wildman–Crippen MR) is 119 cm³/mol. The Kier molecular flexibility index (Phi) is 6.31. The molecule has 0 atom stereocenters. The number of pyridine rings is 1. The summed E-state index contributed by atoms with van der Waals surface area (Å²) in [5, 5.41) is 2.70. The zero-order valence-corrected chi connectivity index (χ0v) is 18.0. The van der Waals surface area contributed by atoms with E-state index in [1.807, 2.05) is 6.92 Å². The van der Waals surface area contributed by atoms with E-state index in [1.165, 1.54) is 24.3 Å². The number of rotatable bonds is 6. The summed E-state index contributed by atoms with van der Waals surface area (Å²) in [4.78, 5) is 34.1. The summed E-state index contributed by atoms with van der Waals surface area (Å²) >= 11 is 0. The summed E-state index contributed by atoms with van der Waals surface area (Å²) < 4.78 is 42.1. The van der Waals surface area contributed by atoms with E-state index in [1.54, 1.807) is 47.2 Å². The highest BCUT2D eigenvalue weighted by atomic mass is 19.4. The molecule has 1 N–H and O–H groups in total. The number of benzene rings is 2. The van der Waals surface area contributed by atoms with Gasteiger partial charge in [-0.3, -0.25) is 14.2 Å². The Balaban J connectivity index is 1.47. The van der Waals surface area contributed by atoms with Crippen molar-refractivity contribution in [2.45, 2.75) is 26.4 Å². The number of carbonyl (C=O) groups excluding carboxylic acids is 1. The van der Waals surface area contributed by atoms with Crippen molar-refractivity contribution in [1.82, 2.24) is 19.9 Å². The molecular formula is C24H19F3N4O3. The number of amides is 1. The number of alkyl halides is 3. The second kappa shape index (κ2) is 9.34. The number of carbonyl (C=O) groups is 1. The average molecular weight is 468 g/mol. The van der Waals surface area contributed by atoms with Gasteiger partial charge < -0.3 is 10.1 Å². The van der Waals surface area contributed by atoms with Crippen molar-refractivity contribution in [1.29, 1.82) is 0 Å². The SMILES string of the molecule is CCn1c(=O)c(-c2ccc(C(=O)NCc3ccc(OC(F)(F)F)cc3)cc2)nc2cccnc21. The minimum absolute atomic E-state index is 0.118. The van der Waals surface area contributed by atoms with Crippen LogP contribution in [0.4, 0.5) is 13.2 Å². The van der Waals surface area contributed by atoms with Crippen molar-refractivity contribution in [2.75, 3.05) is 0 Å². The first kappa shape index (κ1) is 23.0. The number of fused-ring (bicyclic) bond motifs is 1. The van der Waals surface area contributed by atoms with Crippen LogP contribution in [-0.2, 0) is 13.1 Å². The quantitative estimate of drug-likeness (QED) is 0.456. The third-order valence-corrected chi connectivity index (χ3v) is 5.05. The van der Waals surface area contributed by atoms with Crippen LogP contribution >= 0.6 is 0 Å². The molecule has 174 valence electrons. The topological polar surface area (TPSA) is 86.1 Å². The first-order chi connectivity index (χ1) is 16.2. The molecule has 2 aromatic heterocycles. The number of ether oxygens (including phenoxy) is 1. The van der Waals surface area contributed by atoms with Crippen molar-refractivity contribution in [3.8, 4) is 17.0 Å². The summed E-state index contributed by atoms with van der Waals surface area (Å²) in [6.45, 7) is 2.41. The van der Waals surface area contributed by atoms with Gasteiger partial charge in [0, 0.05) is 30.4 Å². The lowest BCUT2D eigenvalue weighted by molar-refractivity contribution is -0.274. The lowest BCUT2D eigenvalue weighted by atomic mass is 10.1. The molecule has 4 rings (SSSR count). The van der Waals surface area contributed by atoms with Gasteiger partial charge in [0.05, 0.1) is 0 Å². The van der Waals surface area contributed by atoms with E-state index >= 15 is 0 Å². The molecule has 0 aliphatic rings. The maximum atomic E-state index is 12.9. The molecule has 2 aromatic carbocycles. The molecule has 7 nitrogen and oxygen atoms in total. The monoisotopic (exact) mass is 468 g/mol. The molecule has 0 spiro atoms. The lowest BCUT2D eigenvalue weighted by Gasteiger charge is -2.11. The highest BCUT2D eigenvalue weighted by Crippen LogP contribution is 2.23. The van der Waals surface area contributed by atoms with E-state index in [0.717, 1.165) is 0 Å². The Morgan fingerprint density at radius 3 is 2.41 bits per heavy atom. The molecule has 0 saturated heterocycles. The van der Waals surface area contributed by atoms with Gasteiger partial charge in [0.2, 0.25) is 0 Å². The Bertz CT molecular complexity index is 1380. The van der Waals surface area contributed by atoms with Gasteiger partial charge in [0.1, 0.15) is 17.0 Å². The van der Waals surface area contributed by atoms with Crippen LogP contribution in [0.15, 0.2) is 71.7 Å². The second-order valence-electron chi connectivity index (χ2n) is 7.31. The number of hydrogen-bond acceptors (Lipinski definition) is 5. The third kappa shape index (κ3) is 5.06. The highest BCUT2D eigenvalue weighted by Gasteiger charge is 2.30. The third-order valence-electron chi connectivity index (χ3n) is 5.05. The first-order valence-corrected chi connectivity index (χ1v) is 10.3. The number of aryl methyl sites for hydroxylation is 1. The Labute approximate surface area is 191 Å². The molecular weight excluding hydrogens is 449 g/mol. The number of halogens is 3. The number of hydrogen-bond donors (Lipinski definition) is 1. The van der Waals surface area contributed by atoms with Crippen LogP contribution in [0.2, 0.25) is 0 Å². The molecule has 0 fully saturated rings. The van der Waals surface area contributed by atoms with Gasteiger partial charge in [-0.2, -0.15) is 0 Å². The van der Waals surface area contributed by atoms with Crippen LogP contribution in [0.5, 0.6) is 5.75 Å². The first-order valence-electron chi connectivity index (χ1n) is 10.3. The molecule has 0 bridgehead atoms. The summed E-state index contributed by atoms with van der Waals surface area (Å²) in [5.74, 6) is -0.706. The Morgan fingerprint density at radius 1 is 1.06 bits per heavy atom. The highest BCUT2D eigenvalue weighted by molar-refractivity contribution is 5.94. The fourth-order valence-corrected chi connectivity index (χ4v) is 3.43. The van der Waals surface area contributed by atoms with E-state index < -0.39 is 6.36 Å². The van der Waals surface area contributed by atoms with E-state index in [0.29, 0.717) is 34.4 Å². The maximum absolute atomic E-state index is 12.9. The molecule has 0 aliphatic heterocycles. The minimum Gasteiger partial charge on any atom is -0.406 e. The standard InChI is InChI=1S/C24H19F3N4O3/c1-2-31-21-19(4-3-13-28-21)30-20(23(31)33)16-7-9-17(10-8-16)22(32)29-14-15-5-11-18(12-6-15)34-24(25,26)27/h3-13H,2,14H2,1H3,(H,29,32). The van der Waals surface area contributed by atoms with E-state index in [2.05, 4.69) is 20.0 Å². The molecule has 0 aliphatic carbocycles. The normalized spacial score (nSPS) is 11.4. The molecule has 0 radical (unpaired) electrons. The second-order valence-corrected chi connectivity index (χ2v) is 7.31.